The van der Waals surface area contributed by atoms with Gasteiger partial charge in [-0.05, 0) is 25.7 Å². The molecule has 108 valence electrons. The van der Waals surface area contributed by atoms with Crippen molar-refractivity contribution in [2.24, 2.45) is 0 Å². The van der Waals surface area contributed by atoms with E-state index in [4.69, 9.17) is 0 Å². The first-order chi connectivity index (χ1) is 9.68. The summed E-state index contributed by atoms with van der Waals surface area (Å²) in [5.74, 6) is 0. The average Bonchev–Trinajstić information content (AvgIpc) is 3.07. The van der Waals surface area contributed by atoms with Crippen molar-refractivity contribution in [3.05, 3.63) is 23.8 Å². The van der Waals surface area contributed by atoms with Crippen molar-refractivity contribution < 1.29 is 8.42 Å². The molecule has 4 heterocycles. The Balaban J connectivity index is 1.74. The van der Waals surface area contributed by atoms with E-state index in [1.807, 2.05) is 0 Å². The normalized spacial score (nSPS) is 30.6. The third kappa shape index (κ3) is 1.73. The van der Waals surface area contributed by atoms with Crippen LogP contribution in [0.4, 0.5) is 0 Å². The molecule has 0 aromatic carbocycles. The smallest absolute Gasteiger partial charge is 0.244 e. The topological polar surface area (TPSA) is 66.4 Å². The maximum atomic E-state index is 12.9. The van der Waals surface area contributed by atoms with Gasteiger partial charge in [0.2, 0.25) is 0 Å². The van der Waals surface area contributed by atoms with Crippen LogP contribution in [0.2, 0.25) is 0 Å². The second-order valence-electron chi connectivity index (χ2n) is 5.82. The molecule has 0 aliphatic carbocycles. The van der Waals surface area contributed by atoms with Crippen LogP contribution >= 0.6 is 0 Å². The second kappa shape index (κ2) is 4.47. The molecule has 0 saturated carbocycles. The van der Waals surface area contributed by atoms with Crippen LogP contribution in [0.15, 0.2) is 12.5 Å². The van der Waals surface area contributed by atoms with Gasteiger partial charge in [-0.15, -0.1) is 0 Å². The first-order valence-corrected chi connectivity index (χ1v) is 8.65. The Morgan fingerprint density at radius 1 is 1.20 bits per heavy atom. The summed E-state index contributed by atoms with van der Waals surface area (Å²) in [6, 6.07) is 0.0172. The Hall–Kier alpha value is -1.05. The molecule has 6 nitrogen and oxygen atoms in total. The molecule has 2 unspecified atom stereocenters. The molecule has 0 radical (unpaired) electrons. The average molecular weight is 294 g/mol. The Bertz CT molecular complexity index is 627. The largest absolute Gasteiger partial charge is 0.282 e. The molecular formula is C13H18N4O2S. The van der Waals surface area contributed by atoms with Crippen LogP contribution in [0, 0.1) is 0 Å². The van der Waals surface area contributed by atoms with Crippen LogP contribution in [0.3, 0.4) is 0 Å². The SMILES string of the molecule is O=S(=O)(N1CCCC1)N1C2CCC1c1cncnc1C2. The monoisotopic (exact) mass is 294 g/mol. The zero-order valence-corrected chi connectivity index (χ0v) is 12.1. The van der Waals surface area contributed by atoms with E-state index < -0.39 is 10.2 Å². The van der Waals surface area contributed by atoms with Gasteiger partial charge in [0.25, 0.3) is 10.2 Å². The lowest BCUT2D eigenvalue weighted by molar-refractivity contribution is 0.275. The van der Waals surface area contributed by atoms with Gasteiger partial charge < -0.3 is 0 Å². The molecule has 0 spiro atoms. The first kappa shape index (κ1) is 12.7. The molecule has 2 atom stereocenters. The minimum Gasteiger partial charge on any atom is -0.244 e. The molecule has 20 heavy (non-hydrogen) atoms. The molecule has 3 aliphatic heterocycles. The lowest BCUT2D eigenvalue weighted by atomic mass is 10.0. The minimum atomic E-state index is -3.33. The van der Waals surface area contributed by atoms with E-state index in [0.717, 1.165) is 43.4 Å². The Morgan fingerprint density at radius 2 is 2.00 bits per heavy atom. The summed E-state index contributed by atoms with van der Waals surface area (Å²) in [5.41, 5.74) is 2.03. The van der Waals surface area contributed by atoms with Gasteiger partial charge in [-0.25, -0.2) is 9.97 Å². The van der Waals surface area contributed by atoms with Gasteiger partial charge in [0, 0.05) is 37.3 Å². The third-order valence-electron chi connectivity index (χ3n) is 4.71. The van der Waals surface area contributed by atoms with E-state index in [9.17, 15) is 8.42 Å². The molecule has 1 aromatic heterocycles. The lowest BCUT2D eigenvalue weighted by Gasteiger charge is -2.36. The van der Waals surface area contributed by atoms with Crippen molar-refractivity contribution in [1.29, 1.82) is 0 Å². The molecule has 2 bridgehead atoms. The highest BCUT2D eigenvalue weighted by Crippen LogP contribution is 2.45. The number of fused-ring (bicyclic) bond motifs is 4. The maximum Gasteiger partial charge on any atom is 0.282 e. The van der Waals surface area contributed by atoms with Gasteiger partial charge >= 0.3 is 0 Å². The summed E-state index contributed by atoms with van der Waals surface area (Å²) >= 11 is 0. The predicted octanol–water partition coefficient (Wildman–Crippen LogP) is 0.879. The van der Waals surface area contributed by atoms with Crippen molar-refractivity contribution in [3.8, 4) is 0 Å². The fourth-order valence-electron chi connectivity index (χ4n) is 3.78. The fraction of sp³-hybridized carbons (Fsp3) is 0.692. The number of rotatable bonds is 2. The van der Waals surface area contributed by atoms with E-state index in [0.29, 0.717) is 13.1 Å². The molecular weight excluding hydrogens is 276 g/mol. The third-order valence-corrected chi connectivity index (χ3v) is 6.82. The number of hydrogen-bond acceptors (Lipinski definition) is 4. The van der Waals surface area contributed by atoms with Gasteiger partial charge in [-0.2, -0.15) is 17.0 Å². The maximum absolute atomic E-state index is 12.9. The van der Waals surface area contributed by atoms with Gasteiger partial charge in [0.15, 0.2) is 0 Å². The number of hydrogen-bond donors (Lipinski definition) is 0. The van der Waals surface area contributed by atoms with Gasteiger partial charge in [0.1, 0.15) is 6.33 Å². The minimum absolute atomic E-state index is 0.0597. The molecule has 2 saturated heterocycles. The van der Waals surface area contributed by atoms with Crippen LogP contribution < -0.4 is 0 Å². The molecule has 1 aromatic rings. The fourth-order valence-corrected chi connectivity index (χ4v) is 5.87. The summed E-state index contributed by atoms with van der Waals surface area (Å²) in [7, 11) is -3.33. The van der Waals surface area contributed by atoms with Crippen LogP contribution in [0.25, 0.3) is 0 Å². The summed E-state index contributed by atoms with van der Waals surface area (Å²) in [4.78, 5) is 8.41. The Kier molecular flexibility index (Phi) is 2.84. The van der Waals surface area contributed by atoms with Crippen molar-refractivity contribution >= 4 is 10.2 Å². The van der Waals surface area contributed by atoms with Gasteiger partial charge in [0.05, 0.1) is 11.7 Å². The molecule has 4 rings (SSSR count). The summed E-state index contributed by atoms with van der Waals surface area (Å²) in [5, 5.41) is 0. The zero-order valence-electron chi connectivity index (χ0n) is 11.3. The zero-order chi connectivity index (χ0) is 13.7. The van der Waals surface area contributed by atoms with E-state index >= 15 is 0 Å². The Labute approximate surface area is 119 Å². The summed E-state index contributed by atoms with van der Waals surface area (Å²) in [6.07, 6.45) is 7.84. The molecule has 0 amide bonds. The van der Waals surface area contributed by atoms with Crippen LogP contribution in [-0.2, 0) is 16.6 Å². The lowest BCUT2D eigenvalue weighted by Crippen LogP contribution is -2.48. The van der Waals surface area contributed by atoms with Crippen LogP contribution in [-0.4, -0.2) is 46.1 Å². The van der Waals surface area contributed by atoms with Crippen molar-refractivity contribution in [3.63, 3.8) is 0 Å². The van der Waals surface area contributed by atoms with E-state index in [1.54, 1.807) is 21.1 Å². The standard InChI is InChI=1S/C13H18N4O2S/c18-20(19,16-5-1-2-6-16)17-10-3-4-13(17)11-8-14-9-15-12(11)7-10/h8-10,13H,1-7H2. The van der Waals surface area contributed by atoms with Crippen molar-refractivity contribution in [2.45, 2.75) is 44.2 Å². The van der Waals surface area contributed by atoms with E-state index in [1.165, 1.54) is 0 Å². The number of nitrogens with zero attached hydrogens (tertiary/aromatic N) is 4. The quantitative estimate of drug-likeness (QED) is 0.812. The van der Waals surface area contributed by atoms with Crippen LogP contribution in [0.5, 0.6) is 0 Å². The van der Waals surface area contributed by atoms with Crippen LogP contribution in [0.1, 0.15) is 43.0 Å². The summed E-state index contributed by atoms with van der Waals surface area (Å²) in [6.45, 7) is 1.33. The molecule has 0 N–H and O–H groups in total. The van der Waals surface area contributed by atoms with Gasteiger partial charge in [-0.3, -0.25) is 0 Å². The van der Waals surface area contributed by atoms with Crippen molar-refractivity contribution in [2.75, 3.05) is 13.1 Å². The highest BCUT2D eigenvalue weighted by Gasteiger charge is 2.49. The molecule has 3 aliphatic rings. The van der Waals surface area contributed by atoms with Crippen molar-refractivity contribution in [1.82, 2.24) is 18.6 Å². The highest BCUT2D eigenvalue weighted by molar-refractivity contribution is 7.86. The highest BCUT2D eigenvalue weighted by atomic mass is 32.2. The molecule has 2 fully saturated rings. The number of aromatic nitrogens is 2. The first-order valence-electron chi connectivity index (χ1n) is 7.25. The summed E-state index contributed by atoms with van der Waals surface area (Å²) < 4.78 is 29.1. The molecule has 7 heteroatoms. The predicted molar refractivity (Wildman–Crippen MR) is 73.1 cm³/mol. The Morgan fingerprint density at radius 3 is 2.80 bits per heavy atom. The van der Waals surface area contributed by atoms with E-state index in [-0.39, 0.29) is 12.1 Å². The van der Waals surface area contributed by atoms with E-state index in [2.05, 4.69) is 9.97 Å². The second-order valence-corrected chi connectivity index (χ2v) is 7.65. The van der Waals surface area contributed by atoms with Gasteiger partial charge in [-0.1, -0.05) is 0 Å².